The minimum absolute atomic E-state index is 0.0806. The first-order valence-corrected chi connectivity index (χ1v) is 9.07. The number of carbonyl (C=O) groups excluding carboxylic acids is 2. The van der Waals surface area contributed by atoms with Gasteiger partial charge in [0, 0.05) is 11.9 Å². The van der Waals surface area contributed by atoms with Crippen LogP contribution in [-0.4, -0.2) is 28.1 Å². The van der Waals surface area contributed by atoms with Crippen molar-refractivity contribution in [2.24, 2.45) is 5.92 Å². The van der Waals surface area contributed by atoms with Crippen molar-refractivity contribution in [3.63, 3.8) is 0 Å². The molecule has 0 atom stereocenters. The summed E-state index contributed by atoms with van der Waals surface area (Å²) >= 11 is 0. The molecule has 0 radical (unpaired) electrons. The maximum Gasteiger partial charge on any atom is 0.253 e. The summed E-state index contributed by atoms with van der Waals surface area (Å²) in [4.78, 5) is 36.9. The molecule has 7 nitrogen and oxygen atoms in total. The molecule has 3 rings (SSSR count). The van der Waals surface area contributed by atoms with Crippen molar-refractivity contribution in [3.8, 4) is 0 Å². The molecule has 144 valence electrons. The van der Waals surface area contributed by atoms with Crippen LogP contribution in [0.5, 0.6) is 0 Å². The van der Waals surface area contributed by atoms with Crippen LogP contribution < -0.4 is 16.1 Å². The minimum Gasteiger partial charge on any atom is -0.352 e. The number of nitrogens with zero attached hydrogens (tertiary/aromatic N) is 2. The zero-order valence-corrected chi connectivity index (χ0v) is 15.8. The van der Waals surface area contributed by atoms with Gasteiger partial charge in [0.05, 0.1) is 23.0 Å². The van der Waals surface area contributed by atoms with E-state index in [2.05, 4.69) is 15.7 Å². The zero-order valence-electron chi connectivity index (χ0n) is 15.8. The van der Waals surface area contributed by atoms with Crippen molar-refractivity contribution < 1.29 is 9.59 Å². The van der Waals surface area contributed by atoms with Crippen LogP contribution in [0.25, 0.3) is 10.9 Å². The van der Waals surface area contributed by atoms with E-state index in [4.69, 9.17) is 0 Å². The van der Waals surface area contributed by atoms with Crippen molar-refractivity contribution in [1.82, 2.24) is 15.1 Å². The first-order chi connectivity index (χ1) is 13.5. The maximum atomic E-state index is 12.6. The van der Waals surface area contributed by atoms with E-state index in [9.17, 15) is 14.4 Å². The molecule has 2 N–H and O–H groups in total. The van der Waals surface area contributed by atoms with Crippen LogP contribution in [0.2, 0.25) is 0 Å². The quantitative estimate of drug-likeness (QED) is 0.689. The number of amides is 2. The Hall–Kier alpha value is -3.48. The number of fused-ring (bicyclic) bond motifs is 1. The lowest BCUT2D eigenvalue weighted by Gasteiger charge is -2.13. The highest BCUT2D eigenvalue weighted by atomic mass is 16.2. The molecular weight excluding hydrogens is 356 g/mol. The third-order valence-corrected chi connectivity index (χ3v) is 4.17. The number of para-hydroxylation sites is 2. The van der Waals surface area contributed by atoms with E-state index in [1.807, 2.05) is 13.8 Å². The molecule has 0 bridgehead atoms. The lowest BCUT2D eigenvalue weighted by molar-refractivity contribution is -0.116. The van der Waals surface area contributed by atoms with E-state index in [-0.39, 0.29) is 23.8 Å². The number of benzene rings is 2. The summed E-state index contributed by atoms with van der Waals surface area (Å²) in [5.74, 6) is -0.257. The topological polar surface area (TPSA) is 93.1 Å². The molecule has 0 aliphatic rings. The molecule has 0 fully saturated rings. The predicted molar refractivity (Wildman–Crippen MR) is 108 cm³/mol. The van der Waals surface area contributed by atoms with Gasteiger partial charge < -0.3 is 10.6 Å². The average molecular weight is 378 g/mol. The highest BCUT2D eigenvalue weighted by molar-refractivity contribution is 6.03. The zero-order chi connectivity index (χ0) is 20.1. The van der Waals surface area contributed by atoms with E-state index >= 15 is 0 Å². The molecular formula is C21H22N4O3. The van der Waals surface area contributed by atoms with Crippen molar-refractivity contribution >= 4 is 28.4 Å². The van der Waals surface area contributed by atoms with Gasteiger partial charge in [0.25, 0.3) is 5.91 Å². The van der Waals surface area contributed by atoms with E-state index in [1.165, 1.54) is 10.9 Å². The van der Waals surface area contributed by atoms with Gasteiger partial charge in [-0.05, 0) is 30.2 Å². The lowest BCUT2D eigenvalue weighted by atomic mass is 10.1. The van der Waals surface area contributed by atoms with Gasteiger partial charge in [0.2, 0.25) is 11.3 Å². The molecule has 2 aromatic carbocycles. The summed E-state index contributed by atoms with van der Waals surface area (Å²) in [6, 6.07) is 13.8. The number of carbonyl (C=O) groups is 2. The summed E-state index contributed by atoms with van der Waals surface area (Å²) < 4.78 is 1.47. The second-order valence-corrected chi connectivity index (χ2v) is 6.88. The Balaban J connectivity index is 1.79. The molecule has 1 aromatic heterocycles. The Labute approximate surface area is 162 Å². The molecule has 0 spiro atoms. The van der Waals surface area contributed by atoms with Crippen molar-refractivity contribution in [3.05, 3.63) is 70.5 Å². The summed E-state index contributed by atoms with van der Waals surface area (Å²) in [5, 5.41) is 10.2. The van der Waals surface area contributed by atoms with Crippen LogP contribution >= 0.6 is 0 Å². The lowest BCUT2D eigenvalue weighted by Crippen LogP contribution is -2.29. The fourth-order valence-electron chi connectivity index (χ4n) is 2.79. The number of anilines is 1. The highest BCUT2D eigenvalue weighted by Crippen LogP contribution is 2.15. The SMILES string of the molecule is CC(C)CNC(=O)c1ccccc1NC(=O)Cn1ncc(=O)c2ccccc21. The maximum absolute atomic E-state index is 12.6. The van der Waals surface area contributed by atoms with E-state index < -0.39 is 0 Å². The van der Waals surface area contributed by atoms with Gasteiger partial charge in [0.1, 0.15) is 6.54 Å². The molecule has 1 heterocycles. The second-order valence-electron chi connectivity index (χ2n) is 6.88. The Kier molecular flexibility index (Phi) is 5.84. The Morgan fingerprint density at radius 2 is 1.79 bits per heavy atom. The second kappa shape index (κ2) is 8.47. The molecule has 0 aliphatic carbocycles. The summed E-state index contributed by atoms with van der Waals surface area (Å²) in [5.41, 5.74) is 1.21. The fourth-order valence-corrected chi connectivity index (χ4v) is 2.79. The number of hydrogen-bond donors (Lipinski definition) is 2. The molecule has 0 saturated heterocycles. The van der Waals surface area contributed by atoms with Gasteiger partial charge >= 0.3 is 0 Å². The van der Waals surface area contributed by atoms with Crippen LogP contribution in [0.3, 0.4) is 0 Å². The predicted octanol–water partition coefficient (Wildman–Crippen LogP) is 2.42. The van der Waals surface area contributed by atoms with Crippen molar-refractivity contribution in [2.75, 3.05) is 11.9 Å². The first kappa shape index (κ1) is 19.3. The summed E-state index contributed by atoms with van der Waals surface area (Å²) in [6.45, 7) is 4.49. The van der Waals surface area contributed by atoms with Gasteiger partial charge in [-0.25, -0.2) is 0 Å². The highest BCUT2D eigenvalue weighted by Gasteiger charge is 2.14. The van der Waals surface area contributed by atoms with Crippen LogP contribution in [0.1, 0.15) is 24.2 Å². The van der Waals surface area contributed by atoms with Gasteiger partial charge in [-0.2, -0.15) is 5.10 Å². The van der Waals surface area contributed by atoms with Crippen molar-refractivity contribution in [1.29, 1.82) is 0 Å². The molecule has 2 amide bonds. The standard InChI is InChI=1S/C21H22N4O3/c1-14(2)11-22-21(28)15-7-3-5-9-17(15)24-20(27)13-25-18-10-6-4-8-16(18)19(26)12-23-25/h3-10,12,14H,11,13H2,1-2H3,(H,22,28)(H,24,27). The van der Waals surface area contributed by atoms with Gasteiger partial charge in [-0.15, -0.1) is 0 Å². The summed E-state index contributed by atoms with van der Waals surface area (Å²) in [6.07, 6.45) is 1.20. The normalized spacial score (nSPS) is 10.8. The third kappa shape index (κ3) is 4.43. The Morgan fingerprint density at radius 1 is 1.07 bits per heavy atom. The van der Waals surface area contributed by atoms with Crippen LogP contribution in [0, 0.1) is 5.92 Å². The van der Waals surface area contributed by atoms with Crippen LogP contribution in [0.15, 0.2) is 59.5 Å². The van der Waals surface area contributed by atoms with E-state index in [0.717, 1.165) is 0 Å². The Morgan fingerprint density at radius 3 is 2.57 bits per heavy atom. The molecule has 0 saturated carbocycles. The monoisotopic (exact) mass is 378 g/mol. The molecule has 28 heavy (non-hydrogen) atoms. The van der Waals surface area contributed by atoms with Gasteiger partial charge in [-0.1, -0.05) is 38.1 Å². The number of aromatic nitrogens is 2. The summed E-state index contributed by atoms with van der Waals surface area (Å²) in [7, 11) is 0. The largest absolute Gasteiger partial charge is 0.352 e. The Bertz CT molecular complexity index is 1070. The number of nitrogens with one attached hydrogen (secondary N) is 2. The fraction of sp³-hybridized carbons (Fsp3) is 0.238. The van der Waals surface area contributed by atoms with E-state index in [0.29, 0.717) is 34.6 Å². The number of rotatable bonds is 6. The van der Waals surface area contributed by atoms with Crippen LogP contribution in [0.4, 0.5) is 5.69 Å². The average Bonchev–Trinajstić information content (AvgIpc) is 2.69. The first-order valence-electron chi connectivity index (χ1n) is 9.07. The minimum atomic E-state index is -0.342. The molecule has 0 unspecified atom stereocenters. The molecule has 3 aromatic rings. The molecule has 0 aliphatic heterocycles. The van der Waals surface area contributed by atoms with Crippen molar-refractivity contribution in [2.45, 2.75) is 20.4 Å². The van der Waals surface area contributed by atoms with Gasteiger partial charge in [0.15, 0.2) is 0 Å². The van der Waals surface area contributed by atoms with Gasteiger partial charge in [-0.3, -0.25) is 19.1 Å². The smallest absolute Gasteiger partial charge is 0.253 e. The van der Waals surface area contributed by atoms with Crippen LogP contribution in [-0.2, 0) is 11.3 Å². The molecule has 7 heteroatoms. The third-order valence-electron chi connectivity index (χ3n) is 4.17. The van der Waals surface area contributed by atoms with E-state index in [1.54, 1.807) is 48.5 Å². The number of hydrogen-bond acceptors (Lipinski definition) is 4.